The number of hydrogen-bond acceptors (Lipinski definition) is 8. The number of fused-ring (bicyclic) bond motifs is 1. The molecule has 1 aliphatic heterocycles. The number of rotatable bonds is 8. The molecular weight excluding hydrogens is 508 g/mol. The summed E-state index contributed by atoms with van der Waals surface area (Å²) in [5, 5.41) is 2.63. The predicted molar refractivity (Wildman–Crippen MR) is 134 cm³/mol. The van der Waals surface area contributed by atoms with Crippen molar-refractivity contribution in [2.75, 3.05) is 33.8 Å². The molecule has 0 bridgehead atoms. The quantitative estimate of drug-likeness (QED) is 0.450. The van der Waals surface area contributed by atoms with Gasteiger partial charge >= 0.3 is 0 Å². The first-order valence-electron chi connectivity index (χ1n) is 10.8. The summed E-state index contributed by atoms with van der Waals surface area (Å²) in [5.41, 5.74) is 0.846. The molecule has 0 saturated heterocycles. The number of nitrogens with zero attached hydrogens (tertiary/aromatic N) is 2. The van der Waals surface area contributed by atoms with Gasteiger partial charge in [0.1, 0.15) is 19.3 Å². The third-order valence-corrected chi connectivity index (χ3v) is 7.85. The molecule has 11 nitrogen and oxygen atoms in total. The lowest BCUT2D eigenvalue weighted by Gasteiger charge is -2.29. The van der Waals surface area contributed by atoms with Crippen LogP contribution in [0.3, 0.4) is 0 Å². The molecule has 1 aromatic heterocycles. The Bertz CT molecular complexity index is 1460. The average molecular weight is 533 g/mol. The van der Waals surface area contributed by atoms with Crippen LogP contribution in [0.25, 0.3) is 0 Å². The monoisotopic (exact) mass is 532 g/mol. The minimum Gasteiger partial charge on any atom is -0.486 e. The second kappa shape index (κ2) is 10.0. The Morgan fingerprint density at radius 1 is 0.972 bits per heavy atom. The van der Waals surface area contributed by atoms with Gasteiger partial charge in [0.15, 0.2) is 11.5 Å². The first-order valence-corrected chi connectivity index (χ1v) is 14.1. The van der Waals surface area contributed by atoms with E-state index in [-0.39, 0.29) is 10.6 Å². The fourth-order valence-electron chi connectivity index (χ4n) is 3.58. The van der Waals surface area contributed by atoms with E-state index in [2.05, 4.69) is 15.0 Å². The van der Waals surface area contributed by atoms with Gasteiger partial charge in [0.05, 0.1) is 28.7 Å². The topological polar surface area (TPSA) is 144 Å². The number of anilines is 3. The van der Waals surface area contributed by atoms with Gasteiger partial charge in [-0.15, -0.1) is 0 Å². The van der Waals surface area contributed by atoms with Gasteiger partial charge in [-0.2, -0.15) is 0 Å². The lowest BCUT2D eigenvalue weighted by Crippen LogP contribution is -2.45. The van der Waals surface area contributed by atoms with E-state index in [0.717, 1.165) is 10.6 Å². The van der Waals surface area contributed by atoms with E-state index in [1.54, 1.807) is 18.2 Å². The lowest BCUT2D eigenvalue weighted by molar-refractivity contribution is -0.116. The smallest absolute Gasteiger partial charge is 0.261 e. The van der Waals surface area contributed by atoms with Crippen molar-refractivity contribution in [2.24, 2.45) is 0 Å². The second-order valence-electron chi connectivity index (χ2n) is 7.92. The lowest BCUT2D eigenvalue weighted by atomic mass is 10.2. The fourth-order valence-corrected chi connectivity index (χ4v) is 5.79. The molecular formula is C23H24N4O7S2. The number of carbonyl (C=O) groups excluding carboxylic acids is 1. The first-order chi connectivity index (χ1) is 17.0. The maximum absolute atomic E-state index is 13.0. The third-order valence-electron chi connectivity index (χ3n) is 5.21. The van der Waals surface area contributed by atoms with Crippen LogP contribution in [0.2, 0.25) is 0 Å². The van der Waals surface area contributed by atoms with E-state index in [9.17, 15) is 21.6 Å². The number of nitrogens with one attached hydrogen (secondary N) is 2. The molecule has 2 N–H and O–H groups in total. The summed E-state index contributed by atoms with van der Waals surface area (Å²) in [6.45, 7) is 2.17. The van der Waals surface area contributed by atoms with Crippen molar-refractivity contribution in [3.63, 3.8) is 0 Å². The molecule has 2 heterocycles. The highest BCUT2D eigenvalue weighted by molar-refractivity contribution is 7.92. The molecule has 0 saturated carbocycles. The van der Waals surface area contributed by atoms with Gasteiger partial charge in [0, 0.05) is 18.0 Å². The molecule has 2 aromatic carbocycles. The van der Waals surface area contributed by atoms with Gasteiger partial charge in [0.25, 0.3) is 10.0 Å². The second-order valence-corrected chi connectivity index (χ2v) is 11.5. The van der Waals surface area contributed by atoms with E-state index in [1.165, 1.54) is 55.7 Å². The highest BCUT2D eigenvalue weighted by Gasteiger charge is 2.30. The van der Waals surface area contributed by atoms with Crippen molar-refractivity contribution in [1.29, 1.82) is 0 Å². The Kier molecular flexibility index (Phi) is 7.04. The van der Waals surface area contributed by atoms with Gasteiger partial charge in [-0.25, -0.2) is 16.8 Å². The zero-order valence-corrected chi connectivity index (χ0v) is 21.0. The first kappa shape index (κ1) is 25.3. The zero-order chi connectivity index (χ0) is 25.9. The number of amides is 1. The molecule has 4 rings (SSSR count). The molecule has 0 spiro atoms. The van der Waals surface area contributed by atoms with Crippen LogP contribution < -0.4 is 23.8 Å². The van der Waals surface area contributed by atoms with Gasteiger partial charge in [-0.1, -0.05) is 0 Å². The van der Waals surface area contributed by atoms with Gasteiger partial charge in [-0.05, 0) is 55.5 Å². The standard InChI is InChI=1S/C23H24N4O7S2/c1-16(27(35(2,29)30)19-7-10-21-22(14-19)34-13-12-33-21)23(28)25-17-5-8-20(9-6-17)36(31,32)26-18-4-3-11-24-15-18/h3-11,14-16,26H,12-13H2,1-2H3,(H,25,28)/t16-/m1/s1. The molecule has 36 heavy (non-hydrogen) atoms. The maximum atomic E-state index is 13.0. The number of pyridine rings is 1. The summed E-state index contributed by atoms with van der Waals surface area (Å²) in [6, 6.07) is 12.2. The van der Waals surface area contributed by atoms with Crippen LogP contribution in [0.15, 0.2) is 71.9 Å². The third kappa shape index (κ3) is 5.69. The largest absolute Gasteiger partial charge is 0.486 e. The summed E-state index contributed by atoms with van der Waals surface area (Å²) in [4.78, 5) is 16.8. The molecule has 0 unspecified atom stereocenters. The predicted octanol–water partition coefficient (Wildman–Crippen LogP) is 2.45. The van der Waals surface area contributed by atoms with Crippen molar-refractivity contribution < 1.29 is 31.1 Å². The van der Waals surface area contributed by atoms with E-state index >= 15 is 0 Å². The normalized spacial score (nSPS) is 13.9. The number of sulfonamides is 2. The number of carbonyl (C=O) groups is 1. The zero-order valence-electron chi connectivity index (χ0n) is 19.4. The van der Waals surface area contributed by atoms with Crippen molar-refractivity contribution in [3.05, 3.63) is 67.0 Å². The summed E-state index contributed by atoms with van der Waals surface area (Å²) in [5.74, 6) is 0.264. The van der Waals surface area contributed by atoms with Crippen molar-refractivity contribution in [2.45, 2.75) is 17.9 Å². The molecule has 13 heteroatoms. The van der Waals surface area contributed by atoms with Crippen LogP contribution in [0.4, 0.5) is 17.1 Å². The molecule has 3 aromatic rings. The summed E-state index contributed by atoms with van der Waals surface area (Å²) in [7, 11) is -7.72. The Balaban J connectivity index is 1.50. The highest BCUT2D eigenvalue weighted by Crippen LogP contribution is 2.35. The Morgan fingerprint density at radius 3 is 2.31 bits per heavy atom. The van der Waals surface area contributed by atoms with Crippen molar-refractivity contribution >= 4 is 43.0 Å². The van der Waals surface area contributed by atoms with Gasteiger partial charge in [0.2, 0.25) is 15.9 Å². The van der Waals surface area contributed by atoms with E-state index < -0.39 is 32.0 Å². The van der Waals surface area contributed by atoms with E-state index in [1.807, 2.05) is 0 Å². The summed E-state index contributed by atoms with van der Waals surface area (Å²) in [6.07, 6.45) is 3.90. The Labute approximate surface area is 209 Å². The molecule has 1 aliphatic rings. The van der Waals surface area contributed by atoms with Crippen LogP contribution in [0, 0.1) is 0 Å². The maximum Gasteiger partial charge on any atom is 0.261 e. The number of ether oxygens (including phenoxy) is 2. The Hall–Kier alpha value is -3.84. The van der Waals surface area contributed by atoms with Gasteiger partial charge < -0.3 is 14.8 Å². The van der Waals surface area contributed by atoms with Crippen LogP contribution in [-0.2, 0) is 24.8 Å². The highest BCUT2D eigenvalue weighted by atomic mass is 32.2. The Morgan fingerprint density at radius 2 is 1.67 bits per heavy atom. The van der Waals surface area contributed by atoms with Crippen LogP contribution in [0.1, 0.15) is 6.92 Å². The number of hydrogen-bond donors (Lipinski definition) is 2. The molecule has 0 aliphatic carbocycles. The van der Waals surface area contributed by atoms with E-state index in [0.29, 0.717) is 36.1 Å². The van der Waals surface area contributed by atoms with Crippen LogP contribution in [0.5, 0.6) is 11.5 Å². The van der Waals surface area contributed by atoms with Crippen LogP contribution in [-0.4, -0.2) is 53.2 Å². The van der Waals surface area contributed by atoms with Gasteiger partial charge in [-0.3, -0.25) is 18.8 Å². The molecule has 190 valence electrons. The summed E-state index contributed by atoms with van der Waals surface area (Å²) >= 11 is 0. The summed E-state index contributed by atoms with van der Waals surface area (Å²) < 4.78 is 64.8. The van der Waals surface area contributed by atoms with Crippen molar-refractivity contribution in [3.8, 4) is 11.5 Å². The van der Waals surface area contributed by atoms with Crippen molar-refractivity contribution in [1.82, 2.24) is 4.98 Å². The number of aromatic nitrogens is 1. The number of benzene rings is 2. The fraction of sp³-hybridized carbons (Fsp3) is 0.217. The van der Waals surface area contributed by atoms with E-state index in [4.69, 9.17) is 9.47 Å². The van der Waals surface area contributed by atoms with Crippen LogP contribution >= 0.6 is 0 Å². The minimum atomic E-state index is -3.86. The SMILES string of the molecule is C[C@H](C(=O)Nc1ccc(S(=O)(=O)Nc2cccnc2)cc1)N(c1ccc2c(c1)OCCO2)S(C)(=O)=O. The minimum absolute atomic E-state index is 0.0218. The molecule has 0 radical (unpaired) electrons. The molecule has 1 amide bonds. The molecule has 1 atom stereocenters. The average Bonchev–Trinajstić information content (AvgIpc) is 2.84. The molecule has 0 fully saturated rings.